The maximum absolute atomic E-state index is 13.1. The summed E-state index contributed by atoms with van der Waals surface area (Å²) in [5.41, 5.74) is 0.168. The molecular weight excluding hydrogens is 306 g/mol. The van der Waals surface area contributed by atoms with Crippen LogP contribution in [0.1, 0.15) is 44.2 Å². The molecule has 2 aromatic rings. The van der Waals surface area contributed by atoms with E-state index in [-0.39, 0.29) is 29.7 Å². The lowest BCUT2D eigenvalue weighted by Crippen LogP contribution is -2.48. The first-order chi connectivity index (χ1) is 11.4. The molecule has 2 atom stereocenters. The smallest absolute Gasteiger partial charge is 0.275 e. The number of fused-ring (bicyclic) bond motifs is 1. The molecule has 6 heteroatoms. The monoisotopic (exact) mass is 329 g/mol. The highest BCUT2D eigenvalue weighted by atomic mass is 16.5. The van der Waals surface area contributed by atoms with Crippen LogP contribution in [0.4, 0.5) is 0 Å². The van der Waals surface area contributed by atoms with E-state index >= 15 is 0 Å². The summed E-state index contributed by atoms with van der Waals surface area (Å²) in [5.74, 6) is -0.150. The molecule has 1 aliphatic rings. The van der Waals surface area contributed by atoms with E-state index in [1.165, 1.54) is 4.68 Å². The number of ether oxygens (including phenoxy) is 1. The molecular formula is C18H23N3O3. The molecule has 0 radical (unpaired) electrons. The topological polar surface area (TPSA) is 64.4 Å². The molecule has 1 amide bonds. The highest BCUT2D eigenvalue weighted by molar-refractivity contribution is 6.04. The van der Waals surface area contributed by atoms with Gasteiger partial charge in [-0.1, -0.05) is 18.2 Å². The molecule has 24 heavy (non-hydrogen) atoms. The predicted octanol–water partition coefficient (Wildman–Crippen LogP) is 2.23. The highest BCUT2D eigenvalue weighted by Gasteiger charge is 2.29. The van der Waals surface area contributed by atoms with Crippen molar-refractivity contribution in [3.8, 4) is 0 Å². The van der Waals surface area contributed by atoms with E-state index in [0.29, 0.717) is 29.6 Å². The molecule has 1 aliphatic heterocycles. The van der Waals surface area contributed by atoms with Crippen LogP contribution in [0.2, 0.25) is 0 Å². The SMILES string of the molecule is CC1CN(C(=O)c2nn(C(C)C)c(=O)c3ccccc23)CC(C)O1. The average molecular weight is 329 g/mol. The molecule has 0 N–H and O–H groups in total. The van der Waals surface area contributed by atoms with Crippen molar-refractivity contribution in [2.24, 2.45) is 0 Å². The number of hydrogen-bond acceptors (Lipinski definition) is 4. The molecule has 128 valence electrons. The second-order valence-electron chi connectivity index (χ2n) is 6.71. The van der Waals surface area contributed by atoms with Crippen LogP contribution in [0.15, 0.2) is 29.1 Å². The van der Waals surface area contributed by atoms with Crippen molar-refractivity contribution in [3.05, 3.63) is 40.3 Å². The third kappa shape index (κ3) is 2.94. The second-order valence-corrected chi connectivity index (χ2v) is 6.71. The Bertz CT molecular complexity index is 818. The minimum absolute atomic E-state index is 0.0139. The summed E-state index contributed by atoms with van der Waals surface area (Å²) in [6, 6.07) is 7.05. The summed E-state index contributed by atoms with van der Waals surface area (Å²) in [7, 11) is 0. The summed E-state index contributed by atoms with van der Waals surface area (Å²) in [6.07, 6.45) is -0.0278. The number of carbonyl (C=O) groups excluding carboxylic acids is 1. The third-order valence-electron chi connectivity index (χ3n) is 4.23. The third-order valence-corrected chi connectivity index (χ3v) is 4.23. The van der Waals surface area contributed by atoms with Gasteiger partial charge in [0.15, 0.2) is 5.69 Å². The Kier molecular flexibility index (Phi) is 4.41. The quantitative estimate of drug-likeness (QED) is 0.847. The summed E-state index contributed by atoms with van der Waals surface area (Å²) in [5, 5.41) is 5.53. The zero-order valence-electron chi connectivity index (χ0n) is 14.5. The molecule has 2 heterocycles. The molecule has 0 spiro atoms. The van der Waals surface area contributed by atoms with E-state index in [0.717, 1.165) is 0 Å². The first-order valence-corrected chi connectivity index (χ1v) is 8.34. The van der Waals surface area contributed by atoms with Crippen LogP contribution >= 0.6 is 0 Å². The Morgan fingerprint density at radius 3 is 2.33 bits per heavy atom. The highest BCUT2D eigenvalue weighted by Crippen LogP contribution is 2.19. The molecule has 0 aliphatic carbocycles. The van der Waals surface area contributed by atoms with E-state index in [9.17, 15) is 9.59 Å². The maximum atomic E-state index is 13.1. The lowest BCUT2D eigenvalue weighted by molar-refractivity contribution is -0.0587. The van der Waals surface area contributed by atoms with Crippen molar-refractivity contribution in [2.45, 2.75) is 45.9 Å². The van der Waals surface area contributed by atoms with Gasteiger partial charge in [0, 0.05) is 18.5 Å². The number of hydrogen-bond donors (Lipinski definition) is 0. The fourth-order valence-corrected chi connectivity index (χ4v) is 3.21. The number of aromatic nitrogens is 2. The molecule has 1 aromatic heterocycles. The number of carbonyl (C=O) groups is 1. The maximum Gasteiger partial charge on any atom is 0.275 e. The van der Waals surface area contributed by atoms with Gasteiger partial charge in [0.2, 0.25) is 0 Å². The Morgan fingerprint density at radius 1 is 1.17 bits per heavy atom. The van der Waals surface area contributed by atoms with Crippen LogP contribution in [0, 0.1) is 0 Å². The van der Waals surface area contributed by atoms with Gasteiger partial charge in [-0.2, -0.15) is 5.10 Å². The zero-order valence-corrected chi connectivity index (χ0v) is 14.5. The van der Waals surface area contributed by atoms with Crippen molar-refractivity contribution >= 4 is 16.7 Å². The number of benzene rings is 1. The van der Waals surface area contributed by atoms with Crippen molar-refractivity contribution < 1.29 is 9.53 Å². The minimum atomic E-state index is -0.166. The Morgan fingerprint density at radius 2 is 1.75 bits per heavy atom. The van der Waals surface area contributed by atoms with Gasteiger partial charge >= 0.3 is 0 Å². The Labute approximate surface area is 141 Å². The molecule has 1 saturated heterocycles. The fourth-order valence-electron chi connectivity index (χ4n) is 3.21. The predicted molar refractivity (Wildman–Crippen MR) is 92.3 cm³/mol. The van der Waals surface area contributed by atoms with E-state index in [1.54, 1.807) is 17.0 Å². The molecule has 2 unspecified atom stereocenters. The zero-order chi connectivity index (χ0) is 17.4. The van der Waals surface area contributed by atoms with Crippen LogP contribution in [0.25, 0.3) is 10.8 Å². The van der Waals surface area contributed by atoms with Crippen LogP contribution in [0.5, 0.6) is 0 Å². The summed E-state index contributed by atoms with van der Waals surface area (Å²) in [4.78, 5) is 27.4. The molecule has 0 bridgehead atoms. The number of amides is 1. The molecule has 1 fully saturated rings. The van der Waals surface area contributed by atoms with Gasteiger partial charge in [0.25, 0.3) is 11.5 Å². The lowest BCUT2D eigenvalue weighted by atomic mass is 10.1. The molecule has 6 nitrogen and oxygen atoms in total. The Hall–Kier alpha value is -2.21. The van der Waals surface area contributed by atoms with E-state index in [1.807, 2.05) is 39.8 Å². The summed E-state index contributed by atoms with van der Waals surface area (Å²) in [6.45, 7) is 8.74. The van der Waals surface area contributed by atoms with Crippen molar-refractivity contribution in [1.29, 1.82) is 0 Å². The van der Waals surface area contributed by atoms with Crippen molar-refractivity contribution in [3.63, 3.8) is 0 Å². The van der Waals surface area contributed by atoms with Gasteiger partial charge < -0.3 is 9.64 Å². The number of morpholine rings is 1. The van der Waals surface area contributed by atoms with Gasteiger partial charge in [-0.05, 0) is 33.8 Å². The van der Waals surface area contributed by atoms with Gasteiger partial charge in [0.1, 0.15) is 0 Å². The fraction of sp³-hybridized carbons (Fsp3) is 0.500. The van der Waals surface area contributed by atoms with Crippen molar-refractivity contribution in [1.82, 2.24) is 14.7 Å². The molecule has 3 rings (SSSR count). The first kappa shape index (κ1) is 16.6. The number of rotatable bonds is 2. The summed E-state index contributed by atoms with van der Waals surface area (Å²) < 4.78 is 7.09. The van der Waals surface area contributed by atoms with Crippen LogP contribution in [0.3, 0.4) is 0 Å². The van der Waals surface area contributed by atoms with Crippen LogP contribution < -0.4 is 5.56 Å². The minimum Gasteiger partial charge on any atom is -0.372 e. The van der Waals surface area contributed by atoms with Gasteiger partial charge in [-0.15, -0.1) is 0 Å². The normalized spacial score (nSPS) is 21.5. The van der Waals surface area contributed by atoms with Gasteiger partial charge in [-0.25, -0.2) is 4.68 Å². The molecule has 0 saturated carbocycles. The average Bonchev–Trinajstić information content (AvgIpc) is 2.53. The number of nitrogens with zero attached hydrogens (tertiary/aromatic N) is 3. The largest absolute Gasteiger partial charge is 0.372 e. The lowest BCUT2D eigenvalue weighted by Gasteiger charge is -2.35. The van der Waals surface area contributed by atoms with Crippen LogP contribution in [-0.4, -0.2) is 45.9 Å². The standard InChI is InChI=1S/C18H23N3O3/c1-11(2)21-17(22)15-8-6-5-7-14(15)16(19-21)18(23)20-9-12(3)24-13(4)10-20/h5-8,11-13H,9-10H2,1-4H3. The second kappa shape index (κ2) is 6.36. The van der Waals surface area contributed by atoms with Gasteiger partial charge in [0.05, 0.1) is 23.6 Å². The van der Waals surface area contributed by atoms with Crippen LogP contribution in [-0.2, 0) is 4.74 Å². The Balaban J connectivity index is 2.13. The van der Waals surface area contributed by atoms with E-state index in [4.69, 9.17) is 4.74 Å². The summed E-state index contributed by atoms with van der Waals surface area (Å²) >= 11 is 0. The molecule has 1 aromatic carbocycles. The first-order valence-electron chi connectivity index (χ1n) is 8.34. The van der Waals surface area contributed by atoms with Gasteiger partial charge in [-0.3, -0.25) is 9.59 Å². The van der Waals surface area contributed by atoms with E-state index < -0.39 is 0 Å². The van der Waals surface area contributed by atoms with Crippen molar-refractivity contribution in [2.75, 3.05) is 13.1 Å². The van der Waals surface area contributed by atoms with E-state index in [2.05, 4.69) is 5.10 Å².